The number of amides is 2. The van der Waals surface area contributed by atoms with Crippen LogP contribution in [-0.2, 0) is 0 Å². The lowest BCUT2D eigenvalue weighted by atomic mass is 10.1. The minimum atomic E-state index is 0.100. The second-order valence-corrected chi connectivity index (χ2v) is 6.17. The van der Waals surface area contributed by atoms with E-state index in [2.05, 4.69) is 29.4 Å². The van der Waals surface area contributed by atoms with Gasteiger partial charge in [-0.1, -0.05) is 13.8 Å². The van der Waals surface area contributed by atoms with E-state index in [0.717, 1.165) is 45.8 Å². The molecule has 2 aliphatic rings. The van der Waals surface area contributed by atoms with Crippen LogP contribution in [0.4, 0.5) is 4.79 Å². The molecule has 0 aliphatic carbocycles. The molecule has 5 heteroatoms. The highest BCUT2D eigenvalue weighted by Gasteiger charge is 2.22. The van der Waals surface area contributed by atoms with Gasteiger partial charge in [-0.05, 0) is 25.3 Å². The molecule has 0 aromatic heterocycles. The average molecular weight is 268 g/mol. The molecule has 5 nitrogen and oxygen atoms in total. The van der Waals surface area contributed by atoms with Crippen molar-refractivity contribution in [2.45, 2.75) is 32.7 Å². The van der Waals surface area contributed by atoms with Gasteiger partial charge >= 0.3 is 6.03 Å². The molecule has 1 atom stereocenters. The first kappa shape index (κ1) is 14.6. The Balaban J connectivity index is 1.77. The number of hydrogen-bond donors (Lipinski definition) is 2. The average Bonchev–Trinajstić information content (AvgIpc) is 2.97. The second-order valence-electron chi connectivity index (χ2n) is 6.17. The first-order valence-corrected chi connectivity index (χ1v) is 7.63. The highest BCUT2D eigenvalue weighted by molar-refractivity contribution is 5.76. The van der Waals surface area contributed by atoms with Gasteiger partial charge in [-0.25, -0.2) is 4.79 Å². The van der Waals surface area contributed by atoms with Gasteiger partial charge in [-0.15, -0.1) is 0 Å². The Hall–Kier alpha value is -0.810. The Morgan fingerprint density at radius 2 is 2.26 bits per heavy atom. The van der Waals surface area contributed by atoms with E-state index in [9.17, 15) is 4.79 Å². The van der Waals surface area contributed by atoms with Crippen molar-refractivity contribution in [2.24, 2.45) is 5.92 Å². The molecule has 0 radical (unpaired) electrons. The molecule has 0 saturated carbocycles. The van der Waals surface area contributed by atoms with Crippen molar-refractivity contribution in [3.8, 4) is 0 Å². The van der Waals surface area contributed by atoms with Gasteiger partial charge in [0.15, 0.2) is 0 Å². The minimum Gasteiger partial charge on any atom is -0.336 e. The van der Waals surface area contributed by atoms with Gasteiger partial charge in [0.05, 0.1) is 0 Å². The molecule has 2 saturated heterocycles. The highest BCUT2D eigenvalue weighted by Crippen LogP contribution is 2.09. The third-order valence-corrected chi connectivity index (χ3v) is 3.90. The van der Waals surface area contributed by atoms with Crippen molar-refractivity contribution < 1.29 is 4.79 Å². The smallest absolute Gasteiger partial charge is 0.317 e. The van der Waals surface area contributed by atoms with E-state index in [1.165, 1.54) is 12.8 Å². The Morgan fingerprint density at radius 3 is 2.84 bits per heavy atom. The first-order chi connectivity index (χ1) is 9.15. The van der Waals surface area contributed by atoms with Crippen molar-refractivity contribution in [3.05, 3.63) is 0 Å². The van der Waals surface area contributed by atoms with Gasteiger partial charge in [-0.3, -0.25) is 4.90 Å². The predicted molar refractivity (Wildman–Crippen MR) is 77.3 cm³/mol. The van der Waals surface area contributed by atoms with E-state index < -0.39 is 0 Å². The van der Waals surface area contributed by atoms with Gasteiger partial charge in [-0.2, -0.15) is 0 Å². The fraction of sp³-hybridized carbons (Fsp3) is 0.929. The van der Waals surface area contributed by atoms with E-state index in [0.29, 0.717) is 12.0 Å². The maximum Gasteiger partial charge on any atom is 0.317 e. The van der Waals surface area contributed by atoms with E-state index >= 15 is 0 Å². The second kappa shape index (κ2) is 7.10. The standard InChI is InChI=1S/C14H28N4O/c1-12(2)10-17(11-13-4-3-5-15-13)8-9-18-7-6-16-14(18)19/h12-13,15H,3-11H2,1-2H3,(H,16,19). The van der Waals surface area contributed by atoms with E-state index in [1.807, 2.05) is 4.90 Å². The van der Waals surface area contributed by atoms with Gasteiger partial charge in [0, 0.05) is 45.3 Å². The molecule has 2 aliphatic heterocycles. The highest BCUT2D eigenvalue weighted by atomic mass is 16.2. The van der Waals surface area contributed by atoms with E-state index in [4.69, 9.17) is 0 Å². The van der Waals surface area contributed by atoms with Crippen molar-refractivity contribution in [2.75, 3.05) is 45.8 Å². The van der Waals surface area contributed by atoms with E-state index in [-0.39, 0.29) is 6.03 Å². The Morgan fingerprint density at radius 1 is 1.42 bits per heavy atom. The molecular weight excluding hydrogens is 240 g/mol. The Kier molecular flexibility index (Phi) is 5.45. The summed E-state index contributed by atoms with van der Waals surface area (Å²) < 4.78 is 0. The molecule has 19 heavy (non-hydrogen) atoms. The molecule has 2 fully saturated rings. The fourth-order valence-electron chi connectivity index (χ4n) is 2.98. The van der Waals surface area contributed by atoms with Gasteiger partial charge in [0.25, 0.3) is 0 Å². The minimum absolute atomic E-state index is 0.100. The number of nitrogens with one attached hydrogen (secondary N) is 2. The van der Waals surface area contributed by atoms with Crippen LogP contribution in [0.15, 0.2) is 0 Å². The van der Waals surface area contributed by atoms with Gasteiger partial charge in [0.1, 0.15) is 0 Å². The van der Waals surface area contributed by atoms with Crippen LogP contribution in [0, 0.1) is 5.92 Å². The molecule has 0 spiro atoms. The number of urea groups is 1. The summed E-state index contributed by atoms with van der Waals surface area (Å²) in [5.41, 5.74) is 0. The first-order valence-electron chi connectivity index (χ1n) is 7.63. The fourth-order valence-corrected chi connectivity index (χ4v) is 2.98. The third-order valence-electron chi connectivity index (χ3n) is 3.90. The van der Waals surface area contributed by atoms with Crippen molar-refractivity contribution >= 4 is 6.03 Å². The quantitative estimate of drug-likeness (QED) is 0.715. The molecule has 0 aromatic rings. The summed E-state index contributed by atoms with van der Waals surface area (Å²) in [6.07, 6.45) is 2.59. The number of carbonyl (C=O) groups is 1. The topological polar surface area (TPSA) is 47.6 Å². The molecule has 0 aromatic carbocycles. The lowest BCUT2D eigenvalue weighted by Gasteiger charge is -2.28. The van der Waals surface area contributed by atoms with Crippen LogP contribution in [0.5, 0.6) is 0 Å². The molecule has 2 rings (SSSR count). The van der Waals surface area contributed by atoms with Crippen LogP contribution in [0.2, 0.25) is 0 Å². The SMILES string of the molecule is CC(C)CN(CCN1CCNC1=O)CC1CCCN1. The summed E-state index contributed by atoms with van der Waals surface area (Å²) in [5.74, 6) is 0.675. The zero-order valence-corrected chi connectivity index (χ0v) is 12.3. The van der Waals surface area contributed by atoms with Crippen LogP contribution < -0.4 is 10.6 Å². The number of nitrogens with zero attached hydrogens (tertiary/aromatic N) is 2. The maximum absolute atomic E-state index is 11.5. The summed E-state index contributed by atoms with van der Waals surface area (Å²) in [4.78, 5) is 16.0. The normalized spacial score (nSPS) is 23.7. The predicted octanol–water partition coefficient (Wildman–Crippen LogP) is 0.722. The molecule has 110 valence electrons. The van der Waals surface area contributed by atoms with Crippen LogP contribution in [0.25, 0.3) is 0 Å². The van der Waals surface area contributed by atoms with Crippen LogP contribution in [0.3, 0.4) is 0 Å². The Labute approximate surface area is 116 Å². The zero-order chi connectivity index (χ0) is 13.7. The number of rotatable bonds is 7. The molecule has 1 unspecified atom stereocenters. The monoisotopic (exact) mass is 268 g/mol. The summed E-state index contributed by atoms with van der Waals surface area (Å²) in [6, 6.07) is 0.745. The van der Waals surface area contributed by atoms with Crippen molar-refractivity contribution in [3.63, 3.8) is 0 Å². The van der Waals surface area contributed by atoms with Crippen LogP contribution in [0.1, 0.15) is 26.7 Å². The number of hydrogen-bond acceptors (Lipinski definition) is 3. The van der Waals surface area contributed by atoms with Crippen molar-refractivity contribution in [1.82, 2.24) is 20.4 Å². The molecule has 2 N–H and O–H groups in total. The third kappa shape index (κ3) is 4.66. The van der Waals surface area contributed by atoms with Crippen molar-refractivity contribution in [1.29, 1.82) is 0 Å². The summed E-state index contributed by atoms with van der Waals surface area (Å²) >= 11 is 0. The molecule has 0 bridgehead atoms. The van der Waals surface area contributed by atoms with Gasteiger partial charge in [0.2, 0.25) is 0 Å². The Bertz CT molecular complexity index is 289. The van der Waals surface area contributed by atoms with Gasteiger partial charge < -0.3 is 15.5 Å². The molecule has 2 amide bonds. The molecular formula is C14H28N4O. The summed E-state index contributed by atoms with van der Waals surface area (Å²) in [5, 5.41) is 6.43. The van der Waals surface area contributed by atoms with E-state index in [1.54, 1.807) is 0 Å². The summed E-state index contributed by atoms with van der Waals surface area (Å²) in [6.45, 7) is 11.4. The molecule has 2 heterocycles. The zero-order valence-electron chi connectivity index (χ0n) is 12.3. The van der Waals surface area contributed by atoms with Crippen LogP contribution >= 0.6 is 0 Å². The largest absolute Gasteiger partial charge is 0.336 e. The number of carbonyl (C=O) groups excluding carboxylic acids is 1. The lowest BCUT2D eigenvalue weighted by molar-refractivity contribution is 0.186. The van der Waals surface area contributed by atoms with Crippen LogP contribution in [-0.4, -0.2) is 67.7 Å². The summed E-state index contributed by atoms with van der Waals surface area (Å²) in [7, 11) is 0. The maximum atomic E-state index is 11.5. The lowest BCUT2D eigenvalue weighted by Crippen LogP contribution is -2.43.